The van der Waals surface area contributed by atoms with Gasteiger partial charge in [-0.1, -0.05) is 24.4 Å². The Hall–Kier alpha value is -0.130. The van der Waals surface area contributed by atoms with Gasteiger partial charge in [-0.05, 0) is 43.0 Å². The van der Waals surface area contributed by atoms with Crippen molar-refractivity contribution in [2.75, 3.05) is 6.61 Å². The topological polar surface area (TPSA) is 47.3 Å². The van der Waals surface area contributed by atoms with E-state index in [1.807, 2.05) is 11.4 Å². The van der Waals surface area contributed by atoms with Gasteiger partial charge in [-0.25, -0.2) is 0 Å². The second-order valence-corrected chi connectivity index (χ2v) is 7.12. The molecular formula is C14H21ClN2OS. The third-order valence-electron chi connectivity index (χ3n) is 4.62. The van der Waals surface area contributed by atoms with E-state index in [0.717, 1.165) is 24.5 Å². The van der Waals surface area contributed by atoms with Gasteiger partial charge in [0.2, 0.25) is 0 Å². The van der Waals surface area contributed by atoms with E-state index in [2.05, 4.69) is 5.43 Å². The smallest absolute Gasteiger partial charge is 0.0686 e. The van der Waals surface area contributed by atoms with Crippen molar-refractivity contribution in [1.29, 1.82) is 0 Å². The zero-order valence-corrected chi connectivity index (χ0v) is 12.6. The van der Waals surface area contributed by atoms with Crippen molar-refractivity contribution in [3.63, 3.8) is 0 Å². The Morgan fingerprint density at radius 1 is 1.47 bits per heavy atom. The van der Waals surface area contributed by atoms with Crippen molar-refractivity contribution in [2.45, 2.75) is 50.2 Å². The number of hydrazine groups is 1. The maximum absolute atomic E-state index is 6.27. The molecule has 2 unspecified atom stereocenters. The molecule has 3 nitrogen and oxygen atoms in total. The van der Waals surface area contributed by atoms with E-state index in [4.69, 9.17) is 22.2 Å². The highest BCUT2D eigenvalue weighted by molar-refractivity contribution is 7.10. The van der Waals surface area contributed by atoms with Crippen molar-refractivity contribution in [3.05, 3.63) is 21.3 Å². The number of nitrogens with one attached hydrogen (secondary N) is 1. The van der Waals surface area contributed by atoms with E-state index >= 15 is 0 Å². The normalized spacial score (nSPS) is 27.8. The molecule has 3 N–H and O–H groups in total. The van der Waals surface area contributed by atoms with E-state index in [-0.39, 0.29) is 11.6 Å². The van der Waals surface area contributed by atoms with Gasteiger partial charge in [0.15, 0.2) is 0 Å². The van der Waals surface area contributed by atoms with Gasteiger partial charge in [-0.15, -0.1) is 11.3 Å². The minimum Gasteiger partial charge on any atom is -0.375 e. The van der Waals surface area contributed by atoms with Crippen molar-refractivity contribution in [1.82, 2.24) is 5.43 Å². The highest BCUT2D eigenvalue weighted by atomic mass is 35.5. The quantitative estimate of drug-likeness (QED) is 0.662. The van der Waals surface area contributed by atoms with Gasteiger partial charge in [-0.3, -0.25) is 11.3 Å². The van der Waals surface area contributed by atoms with Crippen LogP contribution in [0.15, 0.2) is 11.4 Å². The lowest BCUT2D eigenvalue weighted by atomic mass is 9.80. The second kappa shape index (κ2) is 5.70. The molecule has 106 valence electrons. The molecule has 0 aromatic carbocycles. The summed E-state index contributed by atoms with van der Waals surface area (Å²) in [7, 11) is 0. The summed E-state index contributed by atoms with van der Waals surface area (Å²) in [6.45, 7) is 0.853. The maximum atomic E-state index is 6.27. The van der Waals surface area contributed by atoms with Crippen LogP contribution in [0.1, 0.15) is 49.4 Å². The predicted octanol–water partition coefficient (Wildman–Crippen LogP) is 3.65. The summed E-state index contributed by atoms with van der Waals surface area (Å²) in [5.41, 5.74) is 3.12. The molecule has 2 heterocycles. The fraction of sp³-hybridized carbons (Fsp3) is 0.714. The first-order valence-electron chi connectivity index (χ1n) is 7.07. The molecule has 5 heteroatoms. The lowest BCUT2D eigenvalue weighted by Crippen LogP contribution is -2.43. The van der Waals surface area contributed by atoms with Gasteiger partial charge in [-0.2, -0.15) is 0 Å². The van der Waals surface area contributed by atoms with Gasteiger partial charge >= 0.3 is 0 Å². The minimum absolute atomic E-state index is 0.127. The average molecular weight is 301 g/mol. The van der Waals surface area contributed by atoms with Gasteiger partial charge in [0.25, 0.3) is 0 Å². The summed E-state index contributed by atoms with van der Waals surface area (Å²) in [6.07, 6.45) is 7.18. The van der Waals surface area contributed by atoms with E-state index in [1.165, 1.54) is 30.6 Å². The molecule has 2 fully saturated rings. The highest BCUT2D eigenvalue weighted by Crippen LogP contribution is 2.46. The van der Waals surface area contributed by atoms with E-state index in [0.29, 0.717) is 5.92 Å². The Morgan fingerprint density at radius 2 is 2.26 bits per heavy atom. The van der Waals surface area contributed by atoms with Crippen LogP contribution in [0.25, 0.3) is 0 Å². The SMILES string of the molecule is NNC(c1sccc1Cl)C1CCOC2(CCCC2)C1. The van der Waals surface area contributed by atoms with E-state index in [9.17, 15) is 0 Å². The van der Waals surface area contributed by atoms with E-state index < -0.39 is 0 Å². The summed E-state index contributed by atoms with van der Waals surface area (Å²) >= 11 is 7.96. The fourth-order valence-electron chi connectivity index (χ4n) is 3.67. The van der Waals surface area contributed by atoms with Crippen LogP contribution in [0.3, 0.4) is 0 Å². The van der Waals surface area contributed by atoms with Crippen LogP contribution in [0.5, 0.6) is 0 Å². The van der Waals surface area contributed by atoms with Crippen LogP contribution < -0.4 is 11.3 Å². The van der Waals surface area contributed by atoms with Gasteiger partial charge in [0, 0.05) is 11.5 Å². The highest BCUT2D eigenvalue weighted by Gasteiger charge is 2.42. The molecule has 2 atom stereocenters. The first kappa shape index (κ1) is 13.8. The minimum atomic E-state index is 0.127. The molecule has 0 amide bonds. The summed E-state index contributed by atoms with van der Waals surface area (Å²) in [6, 6.07) is 2.12. The van der Waals surface area contributed by atoms with Crippen molar-refractivity contribution in [2.24, 2.45) is 11.8 Å². The Kier molecular flexibility index (Phi) is 4.15. The molecular weight excluding hydrogens is 280 g/mol. The van der Waals surface area contributed by atoms with Crippen LogP contribution in [0, 0.1) is 5.92 Å². The second-order valence-electron chi connectivity index (χ2n) is 5.77. The third kappa shape index (κ3) is 2.69. The zero-order valence-electron chi connectivity index (χ0n) is 11.0. The molecule has 0 bridgehead atoms. The third-order valence-corrected chi connectivity index (χ3v) is 6.07. The first-order chi connectivity index (χ1) is 9.24. The van der Waals surface area contributed by atoms with Crippen LogP contribution in [-0.2, 0) is 4.74 Å². The molecule has 1 saturated carbocycles. The molecule has 1 aliphatic heterocycles. The number of hydrogen-bond acceptors (Lipinski definition) is 4. The van der Waals surface area contributed by atoms with Crippen molar-refractivity contribution < 1.29 is 4.74 Å². The summed E-state index contributed by atoms with van der Waals surface area (Å²) in [5.74, 6) is 6.33. The molecule has 1 aromatic heterocycles. The lowest BCUT2D eigenvalue weighted by Gasteiger charge is -2.41. The number of ether oxygens (including phenoxy) is 1. The number of rotatable bonds is 3. The van der Waals surface area contributed by atoms with Gasteiger partial charge in [0.1, 0.15) is 0 Å². The summed E-state index contributed by atoms with van der Waals surface area (Å²) in [5, 5.41) is 2.87. The molecule has 1 aliphatic carbocycles. The Morgan fingerprint density at radius 3 is 2.89 bits per heavy atom. The summed E-state index contributed by atoms with van der Waals surface area (Å²) in [4.78, 5) is 1.17. The Bertz CT molecular complexity index is 431. The largest absolute Gasteiger partial charge is 0.375 e. The predicted molar refractivity (Wildman–Crippen MR) is 79.3 cm³/mol. The Labute approximate surface area is 123 Å². The fourth-order valence-corrected chi connectivity index (χ4v) is 5.00. The van der Waals surface area contributed by atoms with E-state index in [1.54, 1.807) is 11.3 Å². The monoisotopic (exact) mass is 300 g/mol. The molecule has 3 rings (SSSR count). The van der Waals surface area contributed by atoms with Crippen molar-refractivity contribution in [3.8, 4) is 0 Å². The maximum Gasteiger partial charge on any atom is 0.0686 e. The summed E-state index contributed by atoms with van der Waals surface area (Å²) < 4.78 is 6.10. The number of thiophene rings is 1. The average Bonchev–Trinajstić information content (AvgIpc) is 3.02. The molecule has 2 aliphatic rings. The van der Waals surface area contributed by atoms with Crippen molar-refractivity contribution >= 4 is 22.9 Å². The van der Waals surface area contributed by atoms with Crippen LogP contribution in [0.4, 0.5) is 0 Å². The molecule has 1 saturated heterocycles. The number of halogens is 1. The lowest BCUT2D eigenvalue weighted by molar-refractivity contribution is -0.0980. The standard InChI is InChI=1S/C14H21ClN2OS/c15-11-4-8-19-13(11)12(17-16)10-3-7-18-14(9-10)5-1-2-6-14/h4,8,10,12,17H,1-3,5-7,9,16H2. The van der Waals surface area contributed by atoms with Crippen LogP contribution in [0.2, 0.25) is 5.02 Å². The van der Waals surface area contributed by atoms with Crippen LogP contribution in [-0.4, -0.2) is 12.2 Å². The Balaban J connectivity index is 1.78. The zero-order chi connectivity index (χ0) is 13.3. The molecule has 0 radical (unpaired) electrons. The molecule has 1 spiro atoms. The van der Waals surface area contributed by atoms with Crippen LogP contribution >= 0.6 is 22.9 Å². The first-order valence-corrected chi connectivity index (χ1v) is 8.33. The van der Waals surface area contributed by atoms with Gasteiger partial charge in [0.05, 0.1) is 16.7 Å². The molecule has 1 aromatic rings. The van der Waals surface area contributed by atoms with Gasteiger partial charge < -0.3 is 4.74 Å². The number of hydrogen-bond donors (Lipinski definition) is 2. The molecule has 19 heavy (non-hydrogen) atoms. The number of nitrogens with two attached hydrogens (primary N) is 1.